The van der Waals surface area contributed by atoms with Gasteiger partial charge in [-0.15, -0.1) is 0 Å². The molecule has 0 saturated carbocycles. The van der Waals surface area contributed by atoms with E-state index in [1.54, 1.807) is 0 Å². The van der Waals surface area contributed by atoms with Gasteiger partial charge >= 0.3 is 0 Å². The molecule has 1 nitrogen and oxygen atoms in total. The predicted octanol–water partition coefficient (Wildman–Crippen LogP) is 4.94. The highest BCUT2D eigenvalue weighted by molar-refractivity contribution is 9.09. The Morgan fingerprint density at radius 3 is 2.12 bits per heavy atom. The maximum absolute atomic E-state index is 3.82. The Bertz CT molecular complexity index is 155. The van der Waals surface area contributed by atoms with Crippen LogP contribution < -0.4 is 0 Å². The van der Waals surface area contributed by atoms with Crippen molar-refractivity contribution in [1.82, 2.24) is 4.90 Å². The Kier molecular flexibility index (Phi) is 8.58. The minimum Gasteiger partial charge on any atom is -0.291 e. The molecule has 16 heavy (non-hydrogen) atoms. The number of hydrogen-bond donors (Lipinski definition) is 0. The lowest BCUT2D eigenvalue weighted by atomic mass is 10.1. The average molecular weight is 290 g/mol. The van der Waals surface area contributed by atoms with Gasteiger partial charge in [0.15, 0.2) is 0 Å². The van der Waals surface area contributed by atoms with Gasteiger partial charge < -0.3 is 0 Å². The third kappa shape index (κ3) is 6.24. The number of hydrogen-bond acceptors (Lipinski definition) is 1. The topological polar surface area (TPSA) is 3.24 Å². The van der Waals surface area contributed by atoms with Crippen LogP contribution in [-0.4, -0.2) is 22.9 Å². The third-order valence-electron chi connectivity index (χ3n) is 3.58. The standard InChI is InChI=1S/C14H28BrN/c1-2-3-4-5-6-7-8-11-14(15)16-12-9-10-13-16/h14H,2-13H2,1H3. The van der Waals surface area contributed by atoms with Gasteiger partial charge in [0, 0.05) is 0 Å². The molecule has 1 unspecified atom stereocenters. The van der Waals surface area contributed by atoms with Crippen molar-refractivity contribution >= 4 is 15.9 Å². The lowest BCUT2D eigenvalue weighted by Gasteiger charge is -2.21. The Labute approximate surface area is 110 Å². The number of halogens is 1. The highest BCUT2D eigenvalue weighted by Crippen LogP contribution is 2.21. The van der Waals surface area contributed by atoms with Crippen molar-refractivity contribution in [3.8, 4) is 0 Å². The van der Waals surface area contributed by atoms with Crippen LogP contribution in [0.1, 0.15) is 71.1 Å². The summed E-state index contributed by atoms with van der Waals surface area (Å²) in [5.74, 6) is 0. The third-order valence-corrected chi connectivity index (χ3v) is 4.62. The summed E-state index contributed by atoms with van der Waals surface area (Å²) in [6, 6.07) is 0. The number of nitrogens with zero attached hydrogens (tertiary/aromatic N) is 1. The second-order valence-electron chi connectivity index (χ2n) is 5.09. The van der Waals surface area contributed by atoms with Crippen molar-refractivity contribution in [3.63, 3.8) is 0 Å². The summed E-state index contributed by atoms with van der Waals surface area (Å²) in [4.78, 5) is 3.25. The molecule has 1 atom stereocenters. The second kappa shape index (κ2) is 9.47. The number of rotatable bonds is 9. The average Bonchev–Trinajstić information content (AvgIpc) is 2.81. The zero-order valence-corrected chi connectivity index (χ0v) is 12.5. The highest BCUT2D eigenvalue weighted by atomic mass is 79.9. The minimum atomic E-state index is 0.658. The van der Waals surface area contributed by atoms with Gasteiger partial charge in [0.25, 0.3) is 0 Å². The van der Waals surface area contributed by atoms with E-state index in [9.17, 15) is 0 Å². The summed E-state index contributed by atoms with van der Waals surface area (Å²) < 4.78 is 0. The Hall–Kier alpha value is 0.440. The molecule has 1 aliphatic rings. The lowest BCUT2D eigenvalue weighted by molar-refractivity contribution is 0.305. The first kappa shape index (κ1) is 14.5. The van der Waals surface area contributed by atoms with E-state index >= 15 is 0 Å². The van der Waals surface area contributed by atoms with Crippen LogP contribution in [0.3, 0.4) is 0 Å². The fraction of sp³-hybridized carbons (Fsp3) is 1.00. The summed E-state index contributed by atoms with van der Waals surface area (Å²) in [6.07, 6.45) is 14.1. The minimum absolute atomic E-state index is 0.658. The molecule has 0 aromatic rings. The molecule has 1 heterocycles. The lowest BCUT2D eigenvalue weighted by Crippen LogP contribution is -2.27. The zero-order chi connectivity index (χ0) is 11.6. The Balaban J connectivity index is 1.86. The second-order valence-corrected chi connectivity index (χ2v) is 6.14. The molecular weight excluding hydrogens is 262 g/mol. The highest BCUT2D eigenvalue weighted by Gasteiger charge is 2.18. The van der Waals surface area contributed by atoms with E-state index in [1.165, 1.54) is 77.3 Å². The number of alkyl halides is 1. The van der Waals surface area contributed by atoms with Crippen LogP contribution in [0.25, 0.3) is 0 Å². The van der Waals surface area contributed by atoms with Crippen molar-refractivity contribution < 1.29 is 0 Å². The number of likely N-dealkylation sites (tertiary alicyclic amines) is 1. The normalized spacial score (nSPS) is 19.1. The van der Waals surface area contributed by atoms with Crippen molar-refractivity contribution in [2.75, 3.05) is 13.1 Å². The number of unbranched alkanes of at least 4 members (excludes halogenated alkanes) is 6. The quantitative estimate of drug-likeness (QED) is 0.330. The molecule has 2 heteroatoms. The predicted molar refractivity (Wildman–Crippen MR) is 76.1 cm³/mol. The van der Waals surface area contributed by atoms with Crippen LogP contribution in [-0.2, 0) is 0 Å². The van der Waals surface area contributed by atoms with Gasteiger partial charge in [0.1, 0.15) is 0 Å². The summed E-state index contributed by atoms with van der Waals surface area (Å²) in [5.41, 5.74) is 0. The van der Waals surface area contributed by atoms with Crippen molar-refractivity contribution in [3.05, 3.63) is 0 Å². The van der Waals surface area contributed by atoms with Crippen molar-refractivity contribution in [2.24, 2.45) is 0 Å². The molecule has 96 valence electrons. The van der Waals surface area contributed by atoms with Crippen LogP contribution in [0.15, 0.2) is 0 Å². The summed E-state index contributed by atoms with van der Waals surface area (Å²) >= 11 is 3.82. The van der Waals surface area contributed by atoms with E-state index in [0.29, 0.717) is 4.95 Å². The van der Waals surface area contributed by atoms with Crippen LogP contribution in [0.2, 0.25) is 0 Å². The summed E-state index contributed by atoms with van der Waals surface area (Å²) in [7, 11) is 0. The molecular formula is C14H28BrN. The van der Waals surface area contributed by atoms with Gasteiger partial charge in [0.2, 0.25) is 0 Å². The van der Waals surface area contributed by atoms with Crippen LogP contribution in [0, 0.1) is 0 Å². The molecule has 1 aliphatic heterocycles. The van der Waals surface area contributed by atoms with E-state index in [0.717, 1.165) is 0 Å². The van der Waals surface area contributed by atoms with Gasteiger partial charge in [-0.1, -0.05) is 67.8 Å². The fourth-order valence-corrected chi connectivity index (χ4v) is 3.21. The molecule has 0 aromatic heterocycles. The first-order chi connectivity index (χ1) is 7.84. The van der Waals surface area contributed by atoms with Crippen molar-refractivity contribution in [2.45, 2.75) is 76.1 Å². The van der Waals surface area contributed by atoms with E-state index in [2.05, 4.69) is 27.8 Å². The van der Waals surface area contributed by atoms with Gasteiger partial charge in [-0.3, -0.25) is 4.90 Å². The van der Waals surface area contributed by atoms with Crippen LogP contribution in [0.5, 0.6) is 0 Å². The molecule has 0 aliphatic carbocycles. The zero-order valence-electron chi connectivity index (χ0n) is 10.9. The largest absolute Gasteiger partial charge is 0.291 e. The molecule has 1 fully saturated rings. The smallest absolute Gasteiger partial charge is 0.0655 e. The van der Waals surface area contributed by atoms with Crippen LogP contribution in [0.4, 0.5) is 0 Å². The molecule has 0 bridgehead atoms. The molecule has 1 saturated heterocycles. The summed E-state index contributed by atoms with van der Waals surface area (Å²) in [5, 5.41) is 0. The molecule has 0 amide bonds. The monoisotopic (exact) mass is 289 g/mol. The molecule has 0 radical (unpaired) electrons. The van der Waals surface area contributed by atoms with Gasteiger partial charge in [-0.05, 0) is 32.4 Å². The summed E-state index contributed by atoms with van der Waals surface area (Å²) in [6.45, 7) is 4.91. The van der Waals surface area contributed by atoms with E-state index in [-0.39, 0.29) is 0 Å². The molecule has 1 rings (SSSR count). The first-order valence-electron chi connectivity index (χ1n) is 7.22. The Morgan fingerprint density at radius 2 is 1.50 bits per heavy atom. The maximum Gasteiger partial charge on any atom is 0.0655 e. The first-order valence-corrected chi connectivity index (χ1v) is 8.14. The molecule has 0 spiro atoms. The van der Waals surface area contributed by atoms with Crippen LogP contribution >= 0.6 is 15.9 Å². The van der Waals surface area contributed by atoms with Gasteiger partial charge in [-0.25, -0.2) is 0 Å². The Morgan fingerprint density at radius 1 is 0.938 bits per heavy atom. The van der Waals surface area contributed by atoms with Crippen molar-refractivity contribution in [1.29, 1.82) is 0 Å². The molecule has 0 N–H and O–H groups in total. The van der Waals surface area contributed by atoms with E-state index < -0.39 is 0 Å². The van der Waals surface area contributed by atoms with E-state index in [4.69, 9.17) is 0 Å². The van der Waals surface area contributed by atoms with Gasteiger partial charge in [0.05, 0.1) is 4.95 Å². The SMILES string of the molecule is CCCCCCCCCC(Br)N1CCCC1. The maximum atomic E-state index is 3.82. The van der Waals surface area contributed by atoms with E-state index in [1.807, 2.05) is 0 Å². The molecule has 0 aromatic carbocycles. The fourth-order valence-electron chi connectivity index (χ4n) is 2.47. The van der Waals surface area contributed by atoms with Gasteiger partial charge in [-0.2, -0.15) is 0 Å².